The number of nitrogens with one attached hydrogen (secondary N) is 1. The number of hydrogen-bond donors (Lipinski definition) is 1. The van der Waals surface area contributed by atoms with Crippen LogP contribution in [0.1, 0.15) is 19.5 Å². The Morgan fingerprint density at radius 1 is 1.40 bits per heavy atom. The van der Waals surface area contributed by atoms with E-state index >= 15 is 0 Å². The van der Waals surface area contributed by atoms with Crippen molar-refractivity contribution >= 4 is 22.4 Å². The van der Waals surface area contributed by atoms with Gasteiger partial charge in [0.25, 0.3) is 0 Å². The molecule has 0 aliphatic carbocycles. The summed E-state index contributed by atoms with van der Waals surface area (Å²) in [5, 5.41) is 4.06. The van der Waals surface area contributed by atoms with Crippen molar-refractivity contribution in [2.75, 3.05) is 19.4 Å². The molecule has 0 radical (unpaired) electrons. The molecule has 1 N–H and O–H groups in total. The van der Waals surface area contributed by atoms with E-state index < -0.39 is 0 Å². The summed E-state index contributed by atoms with van der Waals surface area (Å²) in [6, 6.07) is 6.00. The molecular formula is C16H20N4. The number of rotatable bonds is 4. The number of nitrogens with zero attached hydrogens (tertiary/aromatic N) is 3. The molecule has 4 nitrogen and oxygen atoms in total. The molecule has 0 spiro atoms. The van der Waals surface area contributed by atoms with Gasteiger partial charge in [0.1, 0.15) is 5.82 Å². The summed E-state index contributed by atoms with van der Waals surface area (Å²) < 4.78 is 0. The van der Waals surface area contributed by atoms with Crippen LogP contribution in [-0.4, -0.2) is 29.0 Å². The molecule has 2 aromatic heterocycles. The van der Waals surface area contributed by atoms with Crippen LogP contribution in [0.15, 0.2) is 42.7 Å². The second kappa shape index (κ2) is 5.74. The zero-order valence-corrected chi connectivity index (χ0v) is 12.4. The fourth-order valence-corrected chi connectivity index (χ4v) is 2.01. The normalized spacial score (nSPS) is 11.5. The maximum atomic E-state index is 4.73. The SMILES string of the molecule is C=C(C)N(C)/C(=C\C)c1ccc2cnc(NC)cc2n1. The first kappa shape index (κ1) is 14.1. The van der Waals surface area contributed by atoms with E-state index in [1.54, 1.807) is 0 Å². The van der Waals surface area contributed by atoms with E-state index in [0.29, 0.717) is 0 Å². The molecule has 104 valence electrons. The quantitative estimate of drug-likeness (QED) is 0.921. The average molecular weight is 268 g/mol. The van der Waals surface area contributed by atoms with Gasteiger partial charge in [-0.25, -0.2) is 9.97 Å². The van der Waals surface area contributed by atoms with E-state index in [9.17, 15) is 0 Å². The van der Waals surface area contributed by atoms with Crippen LogP contribution in [0, 0.1) is 0 Å². The van der Waals surface area contributed by atoms with E-state index in [2.05, 4.69) is 16.9 Å². The van der Waals surface area contributed by atoms with E-state index in [4.69, 9.17) is 4.98 Å². The lowest BCUT2D eigenvalue weighted by Gasteiger charge is -2.22. The zero-order chi connectivity index (χ0) is 14.7. The highest BCUT2D eigenvalue weighted by atomic mass is 15.1. The molecule has 0 saturated carbocycles. The van der Waals surface area contributed by atoms with Crippen LogP contribution in [-0.2, 0) is 0 Å². The fourth-order valence-electron chi connectivity index (χ4n) is 2.01. The van der Waals surface area contributed by atoms with E-state index in [1.165, 1.54) is 0 Å². The number of fused-ring (bicyclic) bond motifs is 1. The number of aromatic nitrogens is 2. The minimum absolute atomic E-state index is 0.817. The van der Waals surface area contributed by atoms with Crippen molar-refractivity contribution in [3.63, 3.8) is 0 Å². The van der Waals surface area contributed by atoms with Crippen LogP contribution >= 0.6 is 0 Å². The molecular weight excluding hydrogens is 248 g/mol. The van der Waals surface area contributed by atoms with Crippen molar-refractivity contribution < 1.29 is 0 Å². The molecule has 0 fully saturated rings. The predicted molar refractivity (Wildman–Crippen MR) is 85.3 cm³/mol. The largest absolute Gasteiger partial charge is 0.373 e. The third-order valence-corrected chi connectivity index (χ3v) is 3.30. The summed E-state index contributed by atoms with van der Waals surface area (Å²) in [5.41, 5.74) is 3.88. The summed E-state index contributed by atoms with van der Waals surface area (Å²) in [5.74, 6) is 0.817. The van der Waals surface area contributed by atoms with Gasteiger partial charge in [0.2, 0.25) is 0 Å². The maximum absolute atomic E-state index is 4.73. The summed E-state index contributed by atoms with van der Waals surface area (Å²) >= 11 is 0. The molecule has 20 heavy (non-hydrogen) atoms. The molecule has 2 aromatic rings. The first-order valence-electron chi connectivity index (χ1n) is 6.57. The van der Waals surface area contributed by atoms with Gasteiger partial charge in [0.15, 0.2) is 0 Å². The summed E-state index contributed by atoms with van der Waals surface area (Å²) in [7, 11) is 3.85. The Bertz CT molecular complexity index is 673. The maximum Gasteiger partial charge on any atom is 0.127 e. The van der Waals surface area contributed by atoms with Crippen LogP contribution in [0.5, 0.6) is 0 Å². The molecule has 4 heteroatoms. The van der Waals surface area contributed by atoms with Crippen molar-refractivity contribution in [1.82, 2.24) is 14.9 Å². The third kappa shape index (κ3) is 2.64. The lowest BCUT2D eigenvalue weighted by atomic mass is 10.2. The lowest BCUT2D eigenvalue weighted by molar-refractivity contribution is 0.597. The van der Waals surface area contributed by atoms with E-state index in [-0.39, 0.29) is 0 Å². The van der Waals surface area contributed by atoms with Crippen LogP contribution in [0.25, 0.3) is 16.6 Å². The second-order valence-electron chi connectivity index (χ2n) is 4.68. The molecule has 0 atom stereocenters. The average Bonchev–Trinajstić information content (AvgIpc) is 2.46. The predicted octanol–water partition coefficient (Wildman–Crippen LogP) is 3.50. The van der Waals surface area contributed by atoms with Crippen LogP contribution in [0.4, 0.5) is 5.82 Å². The Morgan fingerprint density at radius 2 is 2.15 bits per heavy atom. The Labute approximate surface area is 119 Å². The molecule has 0 aliphatic heterocycles. The molecule has 0 aliphatic rings. The van der Waals surface area contributed by atoms with Gasteiger partial charge in [-0.05, 0) is 26.0 Å². The molecule has 0 aromatic carbocycles. The smallest absolute Gasteiger partial charge is 0.127 e. The van der Waals surface area contributed by atoms with Gasteiger partial charge in [-0.1, -0.05) is 12.7 Å². The monoisotopic (exact) mass is 268 g/mol. The topological polar surface area (TPSA) is 41.1 Å². The van der Waals surface area contributed by atoms with Crippen LogP contribution in [0.3, 0.4) is 0 Å². The number of allylic oxidation sites excluding steroid dienone is 2. The minimum atomic E-state index is 0.817. The highest BCUT2D eigenvalue weighted by molar-refractivity contribution is 5.82. The van der Waals surface area contributed by atoms with Crippen molar-refractivity contribution in [3.05, 3.63) is 48.4 Å². The molecule has 2 rings (SSSR count). The van der Waals surface area contributed by atoms with E-state index in [0.717, 1.165) is 33.8 Å². The van der Waals surface area contributed by atoms with Crippen molar-refractivity contribution in [1.29, 1.82) is 0 Å². The molecule has 0 unspecified atom stereocenters. The summed E-state index contributed by atoms with van der Waals surface area (Å²) in [6.45, 7) is 7.96. The zero-order valence-electron chi connectivity index (χ0n) is 12.4. The first-order chi connectivity index (χ1) is 9.56. The van der Waals surface area contributed by atoms with Crippen molar-refractivity contribution in [3.8, 4) is 0 Å². The molecule has 2 heterocycles. The van der Waals surface area contributed by atoms with Gasteiger partial charge in [0.05, 0.1) is 16.9 Å². The summed E-state index contributed by atoms with van der Waals surface area (Å²) in [6.07, 6.45) is 3.87. The standard InChI is InChI=1S/C16H20N4/c1-6-15(20(5)11(2)3)13-8-7-12-10-18-16(17-4)9-14(12)19-13/h6-10H,2H2,1,3-5H3,(H,17,18)/b15-6-. The molecule has 0 amide bonds. The Morgan fingerprint density at radius 3 is 2.75 bits per heavy atom. The van der Waals surface area contributed by atoms with Crippen LogP contribution < -0.4 is 5.32 Å². The Hall–Kier alpha value is -2.36. The minimum Gasteiger partial charge on any atom is -0.373 e. The molecule has 0 saturated heterocycles. The second-order valence-corrected chi connectivity index (χ2v) is 4.68. The Balaban J connectivity index is 2.52. The molecule has 0 bridgehead atoms. The highest BCUT2D eigenvalue weighted by Gasteiger charge is 2.09. The van der Waals surface area contributed by atoms with Gasteiger partial charge >= 0.3 is 0 Å². The van der Waals surface area contributed by atoms with Gasteiger partial charge < -0.3 is 10.2 Å². The number of hydrogen-bond acceptors (Lipinski definition) is 4. The fraction of sp³-hybridized carbons (Fsp3) is 0.250. The lowest BCUT2D eigenvalue weighted by Crippen LogP contribution is -2.14. The highest BCUT2D eigenvalue weighted by Crippen LogP contribution is 2.22. The van der Waals surface area contributed by atoms with Gasteiger partial charge in [-0.15, -0.1) is 0 Å². The number of pyridine rings is 2. The first-order valence-corrected chi connectivity index (χ1v) is 6.57. The van der Waals surface area contributed by atoms with Gasteiger partial charge in [0, 0.05) is 37.4 Å². The Kier molecular flexibility index (Phi) is 4.03. The van der Waals surface area contributed by atoms with Crippen molar-refractivity contribution in [2.45, 2.75) is 13.8 Å². The van der Waals surface area contributed by atoms with Gasteiger partial charge in [-0.3, -0.25) is 0 Å². The van der Waals surface area contributed by atoms with Gasteiger partial charge in [-0.2, -0.15) is 0 Å². The summed E-state index contributed by atoms with van der Waals surface area (Å²) in [4.78, 5) is 11.1. The van der Waals surface area contributed by atoms with Crippen LogP contribution in [0.2, 0.25) is 0 Å². The van der Waals surface area contributed by atoms with E-state index in [1.807, 2.05) is 63.3 Å². The number of anilines is 1. The third-order valence-electron chi connectivity index (χ3n) is 3.30. The van der Waals surface area contributed by atoms with Crippen molar-refractivity contribution in [2.24, 2.45) is 0 Å².